The molecule has 0 saturated carbocycles. The van der Waals surface area contributed by atoms with Crippen LogP contribution in [0.3, 0.4) is 0 Å². The van der Waals surface area contributed by atoms with Gasteiger partial charge in [0.2, 0.25) is 0 Å². The summed E-state index contributed by atoms with van der Waals surface area (Å²) < 4.78 is 10.9. The lowest BCUT2D eigenvalue weighted by Crippen LogP contribution is -2.12. The van der Waals surface area contributed by atoms with Gasteiger partial charge in [0.05, 0.1) is 24.9 Å². The van der Waals surface area contributed by atoms with Crippen LogP contribution in [0.4, 0.5) is 0 Å². The van der Waals surface area contributed by atoms with Gasteiger partial charge in [-0.2, -0.15) is 0 Å². The van der Waals surface area contributed by atoms with Crippen molar-refractivity contribution in [3.63, 3.8) is 0 Å². The second kappa shape index (κ2) is 7.26. The van der Waals surface area contributed by atoms with Crippen LogP contribution in [-0.4, -0.2) is 18.7 Å². The lowest BCUT2D eigenvalue weighted by Gasteiger charge is -2.11. The van der Waals surface area contributed by atoms with E-state index in [0.717, 1.165) is 30.3 Å². The summed E-state index contributed by atoms with van der Waals surface area (Å²) >= 11 is 1.68. The van der Waals surface area contributed by atoms with Gasteiger partial charge in [0.25, 0.3) is 0 Å². The molecule has 0 unspecified atom stereocenters. The molecule has 0 aliphatic carbocycles. The summed E-state index contributed by atoms with van der Waals surface area (Å²) in [4.78, 5) is 5.53. The molecule has 0 aliphatic heterocycles. The number of thiazole rings is 1. The van der Waals surface area contributed by atoms with Crippen molar-refractivity contribution in [3.8, 4) is 11.5 Å². The van der Waals surface area contributed by atoms with Crippen molar-refractivity contribution in [1.82, 2.24) is 10.3 Å². The van der Waals surface area contributed by atoms with Gasteiger partial charge in [-0.25, -0.2) is 4.98 Å². The summed E-state index contributed by atoms with van der Waals surface area (Å²) in [6.07, 6.45) is 0. The van der Waals surface area contributed by atoms with Crippen molar-refractivity contribution in [2.45, 2.75) is 26.9 Å². The molecule has 0 spiro atoms. The first-order valence-corrected chi connectivity index (χ1v) is 7.52. The lowest BCUT2D eigenvalue weighted by molar-refractivity contribution is 0.310. The Bertz CT molecular complexity index is 555. The van der Waals surface area contributed by atoms with Gasteiger partial charge in [-0.3, -0.25) is 0 Å². The molecule has 4 nitrogen and oxygen atoms in total. The monoisotopic (exact) mass is 292 g/mol. The molecule has 1 aromatic carbocycles. The highest BCUT2D eigenvalue weighted by molar-refractivity contribution is 7.09. The molecule has 0 amide bonds. The smallest absolute Gasteiger partial charge is 0.161 e. The van der Waals surface area contributed by atoms with E-state index in [1.807, 2.05) is 37.6 Å². The second-order valence-corrected chi connectivity index (χ2v) is 5.32. The van der Waals surface area contributed by atoms with E-state index < -0.39 is 0 Å². The quantitative estimate of drug-likeness (QED) is 0.851. The average Bonchev–Trinajstić information content (AvgIpc) is 2.85. The van der Waals surface area contributed by atoms with E-state index >= 15 is 0 Å². The molecule has 1 aromatic heterocycles. The van der Waals surface area contributed by atoms with Crippen molar-refractivity contribution in [1.29, 1.82) is 0 Å². The zero-order valence-electron chi connectivity index (χ0n) is 12.1. The lowest BCUT2D eigenvalue weighted by atomic mass is 10.2. The van der Waals surface area contributed by atoms with Gasteiger partial charge in [-0.05, 0) is 31.5 Å². The van der Waals surface area contributed by atoms with Crippen molar-refractivity contribution in [3.05, 3.63) is 39.8 Å². The van der Waals surface area contributed by atoms with Gasteiger partial charge in [-0.15, -0.1) is 11.3 Å². The highest BCUT2D eigenvalue weighted by atomic mass is 32.1. The zero-order chi connectivity index (χ0) is 14.4. The van der Waals surface area contributed by atoms with Gasteiger partial charge < -0.3 is 14.8 Å². The van der Waals surface area contributed by atoms with Crippen LogP contribution in [0.15, 0.2) is 23.7 Å². The van der Waals surface area contributed by atoms with E-state index in [0.29, 0.717) is 6.61 Å². The Labute approximate surface area is 123 Å². The molecule has 0 bridgehead atoms. The third-order valence-corrected chi connectivity index (χ3v) is 3.92. The van der Waals surface area contributed by atoms with Gasteiger partial charge in [0.15, 0.2) is 11.5 Å². The molecule has 108 valence electrons. The van der Waals surface area contributed by atoms with Gasteiger partial charge in [0.1, 0.15) is 0 Å². The summed E-state index contributed by atoms with van der Waals surface area (Å²) in [6, 6.07) is 6.02. The van der Waals surface area contributed by atoms with Crippen molar-refractivity contribution in [2.24, 2.45) is 0 Å². The fourth-order valence-corrected chi connectivity index (χ4v) is 2.66. The highest BCUT2D eigenvalue weighted by Gasteiger charge is 2.06. The topological polar surface area (TPSA) is 43.4 Å². The maximum Gasteiger partial charge on any atom is 0.161 e. The third-order valence-electron chi connectivity index (χ3n) is 2.99. The van der Waals surface area contributed by atoms with Gasteiger partial charge in [-0.1, -0.05) is 6.07 Å². The Morgan fingerprint density at radius 3 is 2.75 bits per heavy atom. The number of ether oxygens (including phenoxy) is 2. The van der Waals surface area contributed by atoms with E-state index in [1.165, 1.54) is 10.4 Å². The van der Waals surface area contributed by atoms with Crippen LogP contribution in [0, 0.1) is 6.92 Å². The molecule has 1 heterocycles. The summed E-state index contributed by atoms with van der Waals surface area (Å²) in [7, 11) is 1.66. The van der Waals surface area contributed by atoms with E-state index in [9.17, 15) is 0 Å². The van der Waals surface area contributed by atoms with Crippen LogP contribution in [0.25, 0.3) is 0 Å². The molecule has 2 aromatic rings. The number of benzene rings is 1. The van der Waals surface area contributed by atoms with Crippen molar-refractivity contribution >= 4 is 11.3 Å². The minimum absolute atomic E-state index is 0.632. The van der Waals surface area contributed by atoms with Crippen LogP contribution >= 0.6 is 11.3 Å². The number of hydrogen-bond acceptors (Lipinski definition) is 5. The summed E-state index contributed by atoms with van der Waals surface area (Å²) in [6.45, 7) is 6.27. The second-order valence-electron chi connectivity index (χ2n) is 4.38. The highest BCUT2D eigenvalue weighted by Crippen LogP contribution is 2.28. The molecular formula is C15H20N2O2S. The normalized spacial score (nSPS) is 10.6. The molecule has 0 fully saturated rings. The van der Waals surface area contributed by atoms with Crippen LogP contribution < -0.4 is 14.8 Å². The number of nitrogens with zero attached hydrogens (tertiary/aromatic N) is 1. The van der Waals surface area contributed by atoms with E-state index in [1.54, 1.807) is 18.4 Å². The molecule has 0 saturated heterocycles. The number of aromatic nitrogens is 1. The van der Waals surface area contributed by atoms with Gasteiger partial charge >= 0.3 is 0 Å². The van der Waals surface area contributed by atoms with Gasteiger partial charge in [0, 0.05) is 18.0 Å². The number of nitrogens with one attached hydrogen (secondary N) is 1. The Morgan fingerprint density at radius 1 is 1.25 bits per heavy atom. The molecule has 0 radical (unpaired) electrons. The summed E-state index contributed by atoms with van der Waals surface area (Å²) in [5, 5.41) is 3.43. The van der Waals surface area contributed by atoms with Crippen LogP contribution in [-0.2, 0) is 13.1 Å². The standard InChI is InChI=1S/C15H20N2O2S/c1-4-19-14-7-12(5-6-13(14)18-3)8-16-9-15-11(2)17-10-20-15/h5-7,10,16H,4,8-9H2,1-3H3. The van der Waals surface area contributed by atoms with Crippen molar-refractivity contribution < 1.29 is 9.47 Å². The maximum atomic E-state index is 5.58. The molecule has 1 N–H and O–H groups in total. The predicted molar refractivity (Wildman–Crippen MR) is 81.6 cm³/mol. The number of aryl methyl sites for hydroxylation is 1. The Morgan fingerprint density at radius 2 is 2.10 bits per heavy atom. The van der Waals surface area contributed by atoms with E-state index in [-0.39, 0.29) is 0 Å². The Balaban J connectivity index is 1.95. The molecular weight excluding hydrogens is 272 g/mol. The van der Waals surface area contributed by atoms with Crippen LogP contribution in [0.2, 0.25) is 0 Å². The molecule has 2 rings (SSSR count). The summed E-state index contributed by atoms with van der Waals surface area (Å²) in [5.41, 5.74) is 4.16. The molecule has 0 aliphatic rings. The number of rotatable bonds is 7. The molecule has 0 atom stereocenters. The number of hydrogen-bond donors (Lipinski definition) is 1. The average molecular weight is 292 g/mol. The first-order valence-electron chi connectivity index (χ1n) is 6.64. The number of methoxy groups -OCH3 is 1. The Hall–Kier alpha value is -1.59. The third kappa shape index (κ3) is 3.71. The van der Waals surface area contributed by atoms with E-state index in [4.69, 9.17) is 9.47 Å². The fraction of sp³-hybridized carbons (Fsp3) is 0.400. The van der Waals surface area contributed by atoms with E-state index in [2.05, 4.69) is 10.3 Å². The largest absolute Gasteiger partial charge is 0.493 e. The minimum Gasteiger partial charge on any atom is -0.493 e. The first kappa shape index (κ1) is 14.8. The first-order chi connectivity index (χ1) is 9.74. The Kier molecular flexibility index (Phi) is 5.38. The molecule has 20 heavy (non-hydrogen) atoms. The SMILES string of the molecule is CCOc1cc(CNCc2scnc2C)ccc1OC. The predicted octanol–water partition coefficient (Wildman–Crippen LogP) is 3.15. The maximum absolute atomic E-state index is 5.58. The summed E-state index contributed by atoms with van der Waals surface area (Å²) in [5.74, 6) is 1.57. The van der Waals surface area contributed by atoms with Crippen LogP contribution in [0.1, 0.15) is 23.1 Å². The fourth-order valence-electron chi connectivity index (χ4n) is 1.92. The zero-order valence-corrected chi connectivity index (χ0v) is 12.9. The minimum atomic E-state index is 0.632. The molecule has 5 heteroatoms. The van der Waals surface area contributed by atoms with Crippen LogP contribution in [0.5, 0.6) is 11.5 Å². The van der Waals surface area contributed by atoms with Crippen molar-refractivity contribution in [2.75, 3.05) is 13.7 Å².